The van der Waals surface area contributed by atoms with Gasteiger partial charge in [-0.2, -0.15) is 5.10 Å². The average Bonchev–Trinajstić information content (AvgIpc) is 3.12. The van der Waals surface area contributed by atoms with E-state index in [9.17, 15) is 4.79 Å². The molecule has 0 spiro atoms. The van der Waals surface area contributed by atoms with Crippen LogP contribution in [0.4, 0.5) is 0 Å². The zero-order valence-electron chi connectivity index (χ0n) is 15.2. The average molecular weight is 388 g/mol. The molecule has 26 heavy (non-hydrogen) atoms. The van der Waals surface area contributed by atoms with Gasteiger partial charge >= 0.3 is 0 Å². The topological polar surface area (TPSA) is 53.8 Å². The first kappa shape index (κ1) is 17.8. The quantitative estimate of drug-likeness (QED) is 0.566. The van der Waals surface area contributed by atoms with E-state index in [1.165, 1.54) is 30.3 Å². The van der Waals surface area contributed by atoms with E-state index < -0.39 is 0 Å². The van der Waals surface area contributed by atoms with E-state index in [4.69, 9.17) is 11.6 Å². The lowest BCUT2D eigenvalue weighted by atomic mass is 9.70. The molecule has 1 amide bonds. The largest absolute Gasteiger partial charge is 0.299 e. The van der Waals surface area contributed by atoms with E-state index in [0.717, 1.165) is 12.0 Å². The minimum absolute atomic E-state index is 0.122. The van der Waals surface area contributed by atoms with Gasteiger partial charge in [0, 0.05) is 16.1 Å². The second-order valence-corrected chi connectivity index (χ2v) is 9.53. The molecular weight excluding hydrogens is 366 g/mol. The first-order chi connectivity index (χ1) is 12.3. The van der Waals surface area contributed by atoms with Crippen LogP contribution in [0.3, 0.4) is 0 Å². The second-order valence-electron chi connectivity index (χ2n) is 8.06. The summed E-state index contributed by atoms with van der Waals surface area (Å²) in [6.45, 7) is 7.00. The number of rotatable bonds is 2. The van der Waals surface area contributed by atoms with Crippen molar-refractivity contribution in [2.24, 2.45) is 27.0 Å². The predicted molar refractivity (Wildman–Crippen MR) is 109 cm³/mol. The van der Waals surface area contributed by atoms with Gasteiger partial charge in [0.1, 0.15) is 0 Å². The maximum Gasteiger partial charge on any atom is 0.264 e. The molecule has 1 N–H and O–H groups in total. The van der Waals surface area contributed by atoms with Crippen molar-refractivity contribution in [3.8, 4) is 0 Å². The summed E-state index contributed by atoms with van der Waals surface area (Å²) in [5, 5.41) is 13.0. The maximum atomic E-state index is 12.2. The van der Waals surface area contributed by atoms with Crippen LogP contribution in [0.2, 0.25) is 5.02 Å². The number of amides is 1. The van der Waals surface area contributed by atoms with E-state index in [1.54, 1.807) is 0 Å². The first-order valence-corrected chi connectivity index (χ1v) is 10.1. The Hall–Kier alpha value is -1.59. The summed E-state index contributed by atoms with van der Waals surface area (Å²) in [7, 11) is 0. The van der Waals surface area contributed by atoms with Gasteiger partial charge in [0.05, 0.1) is 4.91 Å². The van der Waals surface area contributed by atoms with Crippen LogP contribution in [-0.4, -0.2) is 16.8 Å². The van der Waals surface area contributed by atoms with Gasteiger partial charge in [-0.3, -0.25) is 10.1 Å². The summed E-state index contributed by atoms with van der Waals surface area (Å²) in [5.41, 5.74) is 2.51. The van der Waals surface area contributed by atoms with Gasteiger partial charge in [-0.1, -0.05) is 44.5 Å². The van der Waals surface area contributed by atoms with Crippen LogP contribution in [0.25, 0.3) is 6.08 Å². The molecule has 2 aliphatic carbocycles. The van der Waals surface area contributed by atoms with Crippen molar-refractivity contribution in [1.82, 2.24) is 5.32 Å². The number of benzene rings is 1. The zero-order valence-corrected chi connectivity index (χ0v) is 16.7. The SMILES string of the molecule is CC1(C)[C@H]2CC[C@@]1(C)/C(=N\N=C1\NC(=O)/C(=C\c3ccc(Cl)cc3)S1)C2. The normalized spacial score (nSPS) is 34.2. The third-order valence-corrected chi connectivity index (χ3v) is 7.74. The lowest BCUT2D eigenvalue weighted by Gasteiger charge is -2.34. The van der Waals surface area contributed by atoms with Gasteiger partial charge < -0.3 is 0 Å². The molecule has 2 bridgehead atoms. The number of carbonyl (C=O) groups excluding carboxylic acids is 1. The molecule has 1 aromatic carbocycles. The van der Waals surface area contributed by atoms with Crippen LogP contribution in [0.1, 0.15) is 45.6 Å². The molecule has 1 saturated heterocycles. The van der Waals surface area contributed by atoms with Crippen LogP contribution in [0, 0.1) is 16.7 Å². The zero-order chi connectivity index (χ0) is 18.5. The van der Waals surface area contributed by atoms with Crippen molar-refractivity contribution >= 4 is 46.2 Å². The van der Waals surface area contributed by atoms with Crippen molar-refractivity contribution in [2.45, 2.75) is 40.0 Å². The van der Waals surface area contributed by atoms with Crippen molar-refractivity contribution in [2.75, 3.05) is 0 Å². The number of nitrogens with one attached hydrogen (secondary N) is 1. The van der Waals surface area contributed by atoms with Crippen LogP contribution in [-0.2, 0) is 4.79 Å². The third-order valence-electron chi connectivity index (χ3n) is 6.59. The van der Waals surface area contributed by atoms with Crippen LogP contribution < -0.4 is 5.32 Å². The van der Waals surface area contributed by atoms with Gasteiger partial charge in [0.25, 0.3) is 5.91 Å². The highest BCUT2D eigenvalue weighted by atomic mass is 35.5. The fraction of sp³-hybridized carbons (Fsp3) is 0.450. The van der Waals surface area contributed by atoms with Crippen LogP contribution >= 0.6 is 23.4 Å². The fourth-order valence-electron chi connectivity index (χ4n) is 4.37. The predicted octanol–water partition coefficient (Wildman–Crippen LogP) is 5.10. The van der Waals surface area contributed by atoms with E-state index in [1.807, 2.05) is 30.3 Å². The molecular formula is C20H22ClN3OS. The number of fused-ring (bicyclic) bond motifs is 2. The van der Waals surface area contributed by atoms with Crippen LogP contribution in [0.5, 0.6) is 0 Å². The third kappa shape index (κ3) is 2.81. The Morgan fingerprint density at radius 3 is 2.58 bits per heavy atom. The molecule has 3 fully saturated rings. The Morgan fingerprint density at radius 2 is 1.96 bits per heavy atom. The Kier molecular flexibility index (Phi) is 4.27. The molecule has 6 heteroatoms. The highest BCUT2D eigenvalue weighted by molar-refractivity contribution is 8.18. The van der Waals surface area contributed by atoms with Gasteiger partial charge in [-0.25, -0.2) is 0 Å². The Bertz CT molecular complexity index is 856. The van der Waals surface area contributed by atoms with Crippen molar-refractivity contribution in [1.29, 1.82) is 0 Å². The number of halogens is 1. The van der Waals surface area contributed by atoms with E-state index >= 15 is 0 Å². The first-order valence-electron chi connectivity index (χ1n) is 8.91. The van der Waals surface area contributed by atoms with Crippen molar-refractivity contribution in [3.63, 3.8) is 0 Å². The molecule has 4 rings (SSSR count). The standard InChI is InChI=1S/C20H22ClN3OS/c1-19(2)13-8-9-20(19,3)16(11-13)23-24-18-22-17(25)15(26-18)10-12-4-6-14(21)7-5-12/h4-7,10,13H,8-9,11H2,1-3H3,(H,22,24,25)/b15-10+,23-16-/t13-,20-/m0/s1. The number of hydrogen-bond donors (Lipinski definition) is 1. The Labute approximate surface area is 163 Å². The lowest BCUT2D eigenvalue weighted by molar-refractivity contribution is -0.115. The molecule has 0 unspecified atom stereocenters. The minimum atomic E-state index is -0.136. The molecule has 0 aromatic heterocycles. The second kappa shape index (κ2) is 6.24. The van der Waals surface area contributed by atoms with E-state index in [-0.39, 0.29) is 16.7 Å². The summed E-state index contributed by atoms with van der Waals surface area (Å²) in [6.07, 6.45) is 5.31. The van der Waals surface area contributed by atoms with Gasteiger partial charge in [-0.05, 0) is 66.1 Å². The number of amidine groups is 1. The molecule has 1 aromatic rings. The Morgan fingerprint density at radius 1 is 1.23 bits per heavy atom. The van der Waals surface area contributed by atoms with Crippen molar-refractivity contribution in [3.05, 3.63) is 39.8 Å². The molecule has 2 saturated carbocycles. The summed E-state index contributed by atoms with van der Waals surface area (Å²) in [5.74, 6) is 0.556. The van der Waals surface area contributed by atoms with Gasteiger partial charge in [0.2, 0.25) is 0 Å². The number of carbonyl (C=O) groups is 1. The van der Waals surface area contributed by atoms with E-state index in [2.05, 4.69) is 36.3 Å². The number of hydrogen-bond acceptors (Lipinski definition) is 4. The molecule has 136 valence electrons. The highest BCUT2D eigenvalue weighted by Gasteiger charge is 2.60. The summed E-state index contributed by atoms with van der Waals surface area (Å²) in [4.78, 5) is 12.8. The highest BCUT2D eigenvalue weighted by Crippen LogP contribution is 2.64. The van der Waals surface area contributed by atoms with Gasteiger partial charge in [-0.15, -0.1) is 5.10 Å². The number of nitrogens with zero attached hydrogens (tertiary/aromatic N) is 2. The summed E-state index contributed by atoms with van der Waals surface area (Å²) in [6, 6.07) is 7.39. The summed E-state index contributed by atoms with van der Waals surface area (Å²) < 4.78 is 0. The molecule has 2 atom stereocenters. The van der Waals surface area contributed by atoms with Crippen LogP contribution in [0.15, 0.2) is 39.4 Å². The molecule has 1 aliphatic heterocycles. The molecule has 0 radical (unpaired) electrons. The lowest BCUT2D eigenvalue weighted by Crippen LogP contribution is -2.32. The maximum absolute atomic E-state index is 12.2. The van der Waals surface area contributed by atoms with E-state index in [0.29, 0.717) is 21.0 Å². The number of thioether (sulfide) groups is 1. The molecule has 4 nitrogen and oxygen atoms in total. The molecule has 1 heterocycles. The monoisotopic (exact) mass is 387 g/mol. The van der Waals surface area contributed by atoms with Gasteiger partial charge in [0.15, 0.2) is 5.17 Å². The minimum Gasteiger partial charge on any atom is -0.299 e. The Balaban J connectivity index is 1.53. The smallest absolute Gasteiger partial charge is 0.264 e. The summed E-state index contributed by atoms with van der Waals surface area (Å²) >= 11 is 7.23. The van der Waals surface area contributed by atoms with Crippen molar-refractivity contribution < 1.29 is 4.79 Å². The fourth-order valence-corrected chi connectivity index (χ4v) is 5.27. The molecule has 3 aliphatic rings.